The largest absolute Gasteiger partial charge is 0.275 e. The fourth-order valence-electron chi connectivity index (χ4n) is 0.968. The van der Waals surface area contributed by atoms with E-state index >= 15 is 0 Å². The van der Waals surface area contributed by atoms with E-state index in [1.165, 1.54) is 17.1 Å². The molecule has 1 heterocycles. The molecule has 0 fully saturated rings. The summed E-state index contributed by atoms with van der Waals surface area (Å²) in [5.74, 6) is -0.355. The van der Waals surface area contributed by atoms with Crippen molar-refractivity contribution in [3.05, 3.63) is 12.2 Å². The van der Waals surface area contributed by atoms with E-state index in [9.17, 15) is 9.59 Å². The van der Waals surface area contributed by atoms with Crippen molar-refractivity contribution in [1.82, 2.24) is 4.90 Å². The van der Waals surface area contributed by atoms with Crippen molar-refractivity contribution in [2.45, 2.75) is 19.8 Å². The van der Waals surface area contributed by atoms with Crippen molar-refractivity contribution in [2.75, 3.05) is 6.54 Å². The predicted octanol–water partition coefficient (Wildman–Crippen LogP) is -0.740. The highest BCUT2D eigenvalue weighted by atomic mass is 28.1. The standard InChI is InChI=1S/C8H11NO2.H4Si/c1-2-3-6-9-7(10)4-5-8(9)11;/h4-5H,2-3,6H2,1H3;1H4. The third-order valence-electron chi connectivity index (χ3n) is 1.64. The Morgan fingerprint density at radius 3 is 2.17 bits per heavy atom. The minimum absolute atomic E-state index is 0. The van der Waals surface area contributed by atoms with E-state index in [-0.39, 0.29) is 22.8 Å². The van der Waals surface area contributed by atoms with Crippen molar-refractivity contribution in [3.63, 3.8) is 0 Å². The van der Waals surface area contributed by atoms with Gasteiger partial charge >= 0.3 is 0 Å². The van der Waals surface area contributed by atoms with Gasteiger partial charge in [0.1, 0.15) is 0 Å². The molecule has 1 aliphatic heterocycles. The lowest BCUT2D eigenvalue weighted by Gasteiger charge is -2.11. The Morgan fingerprint density at radius 2 is 1.75 bits per heavy atom. The topological polar surface area (TPSA) is 37.4 Å². The molecule has 0 unspecified atom stereocenters. The Morgan fingerprint density at radius 1 is 1.25 bits per heavy atom. The Labute approximate surface area is 76.5 Å². The number of carbonyl (C=O) groups excluding carboxylic acids is 2. The molecule has 1 aliphatic rings. The third-order valence-corrected chi connectivity index (χ3v) is 1.64. The molecular formula is C8H15NO2Si. The first-order chi connectivity index (χ1) is 5.25. The number of unbranched alkanes of at least 4 members (excludes halogenated alkanes) is 1. The van der Waals surface area contributed by atoms with Gasteiger partial charge in [-0.25, -0.2) is 0 Å². The smallest absolute Gasteiger partial charge is 0.253 e. The number of hydrogen-bond donors (Lipinski definition) is 0. The monoisotopic (exact) mass is 185 g/mol. The highest BCUT2D eigenvalue weighted by Gasteiger charge is 2.21. The van der Waals surface area contributed by atoms with Gasteiger partial charge in [-0.1, -0.05) is 13.3 Å². The number of amides is 2. The molecule has 0 atom stereocenters. The Balaban J connectivity index is 0.00000121. The average molecular weight is 185 g/mol. The first-order valence-corrected chi connectivity index (χ1v) is 3.79. The summed E-state index contributed by atoms with van der Waals surface area (Å²) in [5.41, 5.74) is 0. The normalized spacial score (nSPS) is 15.2. The highest BCUT2D eigenvalue weighted by Crippen LogP contribution is 2.04. The van der Waals surface area contributed by atoms with Gasteiger partial charge < -0.3 is 0 Å². The Kier molecular flexibility index (Phi) is 4.50. The van der Waals surface area contributed by atoms with Crippen LogP contribution in [-0.2, 0) is 9.59 Å². The SMILES string of the molecule is CCCCN1C(=O)C=CC1=O.[SiH4]. The summed E-state index contributed by atoms with van der Waals surface area (Å²) in [5, 5.41) is 0. The van der Waals surface area contributed by atoms with Gasteiger partial charge in [0.2, 0.25) is 0 Å². The van der Waals surface area contributed by atoms with Gasteiger partial charge in [-0.3, -0.25) is 14.5 Å². The summed E-state index contributed by atoms with van der Waals surface area (Å²) >= 11 is 0. The second kappa shape index (κ2) is 4.87. The van der Waals surface area contributed by atoms with Crippen molar-refractivity contribution in [1.29, 1.82) is 0 Å². The van der Waals surface area contributed by atoms with Gasteiger partial charge in [-0.2, -0.15) is 0 Å². The molecule has 0 saturated heterocycles. The first-order valence-electron chi connectivity index (χ1n) is 3.79. The van der Waals surface area contributed by atoms with Crippen LogP contribution in [0.25, 0.3) is 0 Å². The van der Waals surface area contributed by atoms with Crippen LogP contribution in [0, 0.1) is 0 Å². The Hall–Kier alpha value is -0.903. The molecule has 0 saturated carbocycles. The Bertz CT molecular complexity index is 195. The van der Waals surface area contributed by atoms with Gasteiger partial charge in [-0.15, -0.1) is 0 Å². The van der Waals surface area contributed by atoms with Gasteiger partial charge in [0.05, 0.1) is 0 Å². The number of rotatable bonds is 3. The molecule has 0 aliphatic carbocycles. The predicted molar refractivity (Wildman–Crippen MR) is 52.1 cm³/mol. The molecule has 4 heteroatoms. The van der Waals surface area contributed by atoms with Crippen molar-refractivity contribution in [3.8, 4) is 0 Å². The molecular weight excluding hydrogens is 170 g/mol. The van der Waals surface area contributed by atoms with Crippen molar-refractivity contribution >= 4 is 22.8 Å². The molecule has 2 amide bonds. The summed E-state index contributed by atoms with van der Waals surface area (Å²) in [6.07, 6.45) is 4.52. The summed E-state index contributed by atoms with van der Waals surface area (Å²) in [4.78, 5) is 23.1. The zero-order valence-electron chi connectivity index (χ0n) is 6.54. The van der Waals surface area contributed by atoms with Crippen LogP contribution in [0.15, 0.2) is 12.2 Å². The van der Waals surface area contributed by atoms with E-state index in [0.717, 1.165) is 12.8 Å². The number of imide groups is 1. The second-order valence-corrected chi connectivity index (χ2v) is 2.52. The molecule has 0 aromatic rings. The van der Waals surface area contributed by atoms with Crippen LogP contribution in [0.2, 0.25) is 0 Å². The lowest BCUT2D eigenvalue weighted by Crippen LogP contribution is -2.30. The van der Waals surface area contributed by atoms with E-state index in [1.54, 1.807) is 0 Å². The fraction of sp³-hybridized carbons (Fsp3) is 0.500. The van der Waals surface area contributed by atoms with E-state index in [4.69, 9.17) is 0 Å². The molecule has 1 rings (SSSR count). The lowest BCUT2D eigenvalue weighted by molar-refractivity contribution is -0.136. The van der Waals surface area contributed by atoms with Crippen LogP contribution >= 0.6 is 0 Å². The van der Waals surface area contributed by atoms with E-state index in [0.29, 0.717) is 6.54 Å². The molecule has 0 N–H and O–H groups in total. The van der Waals surface area contributed by atoms with Gasteiger partial charge in [0.25, 0.3) is 11.8 Å². The summed E-state index contributed by atoms with van der Waals surface area (Å²) in [6.45, 7) is 2.58. The quantitative estimate of drug-likeness (QED) is 0.429. The van der Waals surface area contributed by atoms with E-state index in [2.05, 4.69) is 0 Å². The van der Waals surface area contributed by atoms with Crippen molar-refractivity contribution in [2.24, 2.45) is 0 Å². The lowest BCUT2D eigenvalue weighted by atomic mass is 10.3. The van der Waals surface area contributed by atoms with Crippen LogP contribution in [0.5, 0.6) is 0 Å². The first kappa shape index (κ1) is 11.1. The molecule has 12 heavy (non-hydrogen) atoms. The average Bonchev–Trinajstić information content (AvgIpc) is 2.29. The molecule has 0 radical (unpaired) electrons. The van der Waals surface area contributed by atoms with Crippen LogP contribution in [-0.4, -0.2) is 34.2 Å². The molecule has 0 spiro atoms. The van der Waals surface area contributed by atoms with Gasteiger partial charge in [0, 0.05) is 18.7 Å². The molecule has 68 valence electrons. The maximum atomic E-state index is 10.9. The summed E-state index contributed by atoms with van der Waals surface area (Å²) in [7, 11) is 0. The molecule has 3 nitrogen and oxygen atoms in total. The van der Waals surface area contributed by atoms with Gasteiger partial charge in [-0.05, 0) is 17.4 Å². The maximum absolute atomic E-state index is 10.9. The maximum Gasteiger partial charge on any atom is 0.253 e. The van der Waals surface area contributed by atoms with E-state index < -0.39 is 0 Å². The molecule has 0 aromatic heterocycles. The molecule has 0 bridgehead atoms. The number of hydrogen-bond acceptors (Lipinski definition) is 2. The summed E-state index contributed by atoms with van der Waals surface area (Å²) in [6, 6.07) is 0. The van der Waals surface area contributed by atoms with Crippen LogP contribution in [0.3, 0.4) is 0 Å². The fourth-order valence-corrected chi connectivity index (χ4v) is 0.968. The van der Waals surface area contributed by atoms with Crippen LogP contribution in [0.4, 0.5) is 0 Å². The van der Waals surface area contributed by atoms with Crippen molar-refractivity contribution < 1.29 is 9.59 Å². The van der Waals surface area contributed by atoms with Crippen LogP contribution < -0.4 is 0 Å². The third kappa shape index (κ3) is 2.30. The minimum Gasteiger partial charge on any atom is -0.275 e. The number of carbonyl (C=O) groups is 2. The van der Waals surface area contributed by atoms with E-state index in [1.807, 2.05) is 6.92 Å². The zero-order chi connectivity index (χ0) is 8.27. The number of nitrogens with zero attached hydrogens (tertiary/aromatic N) is 1. The second-order valence-electron chi connectivity index (χ2n) is 2.52. The minimum atomic E-state index is -0.177. The zero-order valence-corrected chi connectivity index (χ0v) is 6.54. The summed E-state index contributed by atoms with van der Waals surface area (Å²) < 4.78 is 0. The van der Waals surface area contributed by atoms with Crippen LogP contribution in [0.1, 0.15) is 19.8 Å². The van der Waals surface area contributed by atoms with Gasteiger partial charge in [0.15, 0.2) is 0 Å². The highest BCUT2D eigenvalue weighted by molar-refractivity contribution is 6.12. The molecule has 0 aromatic carbocycles.